The van der Waals surface area contributed by atoms with Gasteiger partial charge in [-0.15, -0.1) is 22.6 Å². The molecule has 0 saturated heterocycles. The third-order valence-electron chi connectivity index (χ3n) is 3.92. The maximum absolute atomic E-state index is 12.1. The third-order valence-corrected chi connectivity index (χ3v) is 6.20. The van der Waals surface area contributed by atoms with Gasteiger partial charge in [-0.05, 0) is 37.0 Å². The normalized spacial score (nSPS) is 19.8. The number of carbonyl (C=O) groups is 1. The lowest BCUT2D eigenvalue weighted by atomic mass is 10.00. The molecule has 1 heterocycles. The number of rotatable bonds is 5. The molecule has 3 N–H and O–H groups in total. The van der Waals surface area contributed by atoms with Gasteiger partial charge in [0.15, 0.2) is 4.34 Å². The standard InChI is InChI=1S/C15H17ClN4OS2.ClH/c16-11-7-10(4-5-13(11)23-15-20-18-8-22-15)19-14(21)6-9-2-1-3-12(9)17;/h4-5,7-9,12H,1-3,6,17H2,(H,19,21);1H/t9-,12+;/m0./s1. The Morgan fingerprint density at radius 1 is 1.46 bits per heavy atom. The molecule has 0 aliphatic heterocycles. The largest absolute Gasteiger partial charge is 0.327 e. The SMILES string of the molecule is Cl.N[C@@H]1CCC[C@H]1CC(=O)Nc1ccc(Sc2nncs2)c(Cl)c1. The molecule has 1 aromatic heterocycles. The second-order valence-electron chi connectivity index (χ2n) is 5.56. The molecule has 2 aromatic rings. The van der Waals surface area contributed by atoms with Crippen molar-refractivity contribution in [2.24, 2.45) is 11.7 Å². The zero-order valence-electron chi connectivity index (χ0n) is 12.8. The molecule has 3 rings (SSSR count). The van der Waals surface area contributed by atoms with Gasteiger partial charge < -0.3 is 11.1 Å². The summed E-state index contributed by atoms with van der Waals surface area (Å²) in [5, 5.41) is 11.3. The summed E-state index contributed by atoms with van der Waals surface area (Å²) >= 11 is 9.21. The van der Waals surface area contributed by atoms with Crippen LogP contribution in [-0.2, 0) is 4.79 Å². The molecule has 5 nitrogen and oxygen atoms in total. The lowest BCUT2D eigenvalue weighted by Crippen LogP contribution is -2.28. The first-order chi connectivity index (χ1) is 11.1. The van der Waals surface area contributed by atoms with E-state index in [-0.39, 0.29) is 30.3 Å². The summed E-state index contributed by atoms with van der Waals surface area (Å²) in [7, 11) is 0. The average molecular weight is 405 g/mol. The van der Waals surface area contributed by atoms with Crippen molar-refractivity contribution in [1.29, 1.82) is 0 Å². The molecule has 1 saturated carbocycles. The minimum Gasteiger partial charge on any atom is -0.327 e. The molecule has 9 heteroatoms. The highest BCUT2D eigenvalue weighted by Gasteiger charge is 2.26. The first kappa shape index (κ1) is 19.5. The molecule has 2 atom stereocenters. The number of halogens is 2. The Morgan fingerprint density at radius 3 is 2.92 bits per heavy atom. The van der Waals surface area contributed by atoms with E-state index in [1.165, 1.54) is 23.1 Å². The summed E-state index contributed by atoms with van der Waals surface area (Å²) in [5.74, 6) is 0.283. The predicted octanol–water partition coefficient (Wildman–Crippen LogP) is 4.22. The third kappa shape index (κ3) is 5.07. The number of aromatic nitrogens is 2. The number of hydrogen-bond donors (Lipinski definition) is 2. The molecule has 0 unspecified atom stereocenters. The van der Waals surface area contributed by atoms with Crippen LogP contribution >= 0.6 is 47.1 Å². The Balaban J connectivity index is 0.00000208. The number of nitrogens with one attached hydrogen (secondary N) is 1. The highest BCUT2D eigenvalue weighted by atomic mass is 35.5. The average Bonchev–Trinajstić information content (AvgIpc) is 3.15. The van der Waals surface area contributed by atoms with Crippen LogP contribution in [-0.4, -0.2) is 22.1 Å². The van der Waals surface area contributed by atoms with E-state index < -0.39 is 0 Å². The Bertz CT molecular complexity index is 684. The van der Waals surface area contributed by atoms with Gasteiger partial charge in [0.05, 0.1) is 5.02 Å². The molecule has 130 valence electrons. The van der Waals surface area contributed by atoms with Crippen molar-refractivity contribution in [1.82, 2.24) is 10.2 Å². The van der Waals surface area contributed by atoms with Crippen molar-refractivity contribution < 1.29 is 4.79 Å². The second-order valence-corrected chi connectivity index (χ2v) is 8.09. The summed E-state index contributed by atoms with van der Waals surface area (Å²) < 4.78 is 0.832. The summed E-state index contributed by atoms with van der Waals surface area (Å²) in [6.07, 6.45) is 3.64. The maximum atomic E-state index is 12.1. The Labute approximate surface area is 160 Å². The van der Waals surface area contributed by atoms with Crippen LogP contribution in [0.1, 0.15) is 25.7 Å². The van der Waals surface area contributed by atoms with Gasteiger partial charge in [-0.1, -0.05) is 41.1 Å². The van der Waals surface area contributed by atoms with Gasteiger partial charge in [-0.25, -0.2) is 0 Å². The Hall–Kier alpha value is -0.860. The highest BCUT2D eigenvalue weighted by Crippen LogP contribution is 2.35. The van der Waals surface area contributed by atoms with Gasteiger partial charge in [-0.2, -0.15) is 0 Å². The molecule has 0 bridgehead atoms. The lowest BCUT2D eigenvalue weighted by molar-refractivity contribution is -0.117. The van der Waals surface area contributed by atoms with E-state index in [0.29, 0.717) is 17.1 Å². The van der Waals surface area contributed by atoms with Crippen LogP contribution in [0.3, 0.4) is 0 Å². The fourth-order valence-corrected chi connectivity index (χ4v) is 4.47. The van der Waals surface area contributed by atoms with Gasteiger partial charge in [0.25, 0.3) is 0 Å². The number of nitrogens with two attached hydrogens (primary N) is 1. The van der Waals surface area contributed by atoms with E-state index in [1.54, 1.807) is 11.6 Å². The number of carbonyl (C=O) groups excluding carboxylic acids is 1. The number of nitrogens with zero attached hydrogens (tertiary/aromatic N) is 2. The van der Waals surface area contributed by atoms with Crippen LogP contribution in [0.15, 0.2) is 32.9 Å². The van der Waals surface area contributed by atoms with Crippen LogP contribution < -0.4 is 11.1 Å². The maximum Gasteiger partial charge on any atom is 0.224 e. The van der Waals surface area contributed by atoms with E-state index in [0.717, 1.165) is 28.5 Å². The van der Waals surface area contributed by atoms with Crippen LogP contribution in [0, 0.1) is 5.92 Å². The van der Waals surface area contributed by atoms with Gasteiger partial charge in [-0.3, -0.25) is 4.79 Å². The number of hydrogen-bond acceptors (Lipinski definition) is 6. The van der Waals surface area contributed by atoms with Crippen molar-refractivity contribution in [3.63, 3.8) is 0 Å². The van der Waals surface area contributed by atoms with Crippen molar-refractivity contribution in [2.45, 2.75) is 41.0 Å². The fourth-order valence-electron chi connectivity index (χ4n) is 2.73. The van der Waals surface area contributed by atoms with E-state index in [4.69, 9.17) is 17.3 Å². The van der Waals surface area contributed by atoms with Crippen molar-refractivity contribution in [3.05, 3.63) is 28.7 Å². The first-order valence-electron chi connectivity index (χ1n) is 7.41. The molecule has 24 heavy (non-hydrogen) atoms. The molecule has 1 aliphatic carbocycles. The molecule has 1 aliphatic rings. The number of benzene rings is 1. The molecular weight excluding hydrogens is 387 g/mol. The van der Waals surface area contributed by atoms with Gasteiger partial charge in [0, 0.05) is 23.0 Å². The zero-order valence-corrected chi connectivity index (χ0v) is 16.0. The zero-order chi connectivity index (χ0) is 16.2. The van der Waals surface area contributed by atoms with Gasteiger partial charge in [0.1, 0.15) is 5.51 Å². The lowest BCUT2D eigenvalue weighted by Gasteiger charge is -2.15. The van der Waals surface area contributed by atoms with Crippen molar-refractivity contribution in [3.8, 4) is 0 Å². The molecular formula is C15H18Cl2N4OS2. The predicted molar refractivity (Wildman–Crippen MR) is 101 cm³/mol. The van der Waals surface area contributed by atoms with Gasteiger partial charge >= 0.3 is 0 Å². The van der Waals surface area contributed by atoms with E-state index in [1.807, 2.05) is 12.1 Å². The minimum absolute atomic E-state index is 0. The number of amides is 1. The minimum atomic E-state index is -0.00653. The van der Waals surface area contributed by atoms with Crippen LogP contribution in [0.25, 0.3) is 0 Å². The molecule has 1 amide bonds. The summed E-state index contributed by atoms with van der Waals surface area (Å²) in [5.41, 5.74) is 8.40. The monoisotopic (exact) mass is 404 g/mol. The smallest absolute Gasteiger partial charge is 0.224 e. The summed E-state index contributed by atoms with van der Waals surface area (Å²) in [4.78, 5) is 13.0. The summed E-state index contributed by atoms with van der Waals surface area (Å²) in [6.45, 7) is 0. The second kappa shape index (κ2) is 9.01. The van der Waals surface area contributed by atoms with Crippen LogP contribution in [0.5, 0.6) is 0 Å². The van der Waals surface area contributed by atoms with E-state index in [9.17, 15) is 4.79 Å². The highest BCUT2D eigenvalue weighted by molar-refractivity contribution is 8.01. The molecule has 1 fully saturated rings. The quantitative estimate of drug-likeness (QED) is 0.779. The van der Waals surface area contributed by atoms with Gasteiger partial charge in [0.2, 0.25) is 5.91 Å². The Morgan fingerprint density at radius 2 is 2.29 bits per heavy atom. The molecule has 0 spiro atoms. The first-order valence-corrected chi connectivity index (χ1v) is 9.48. The van der Waals surface area contributed by atoms with Crippen LogP contribution in [0.4, 0.5) is 5.69 Å². The van der Waals surface area contributed by atoms with Crippen molar-refractivity contribution >= 4 is 58.7 Å². The van der Waals surface area contributed by atoms with E-state index >= 15 is 0 Å². The Kier molecular flexibility index (Phi) is 7.31. The number of anilines is 1. The van der Waals surface area contributed by atoms with E-state index in [2.05, 4.69) is 15.5 Å². The topological polar surface area (TPSA) is 80.9 Å². The molecule has 0 radical (unpaired) electrons. The van der Waals surface area contributed by atoms with Crippen LogP contribution in [0.2, 0.25) is 5.02 Å². The van der Waals surface area contributed by atoms with Crippen molar-refractivity contribution in [2.75, 3.05) is 5.32 Å². The molecule has 1 aromatic carbocycles. The fraction of sp³-hybridized carbons (Fsp3) is 0.400. The summed E-state index contributed by atoms with van der Waals surface area (Å²) in [6, 6.07) is 5.64.